The first kappa shape index (κ1) is 14.7. The largest absolute Gasteiger partial charge is 0.416 e. The van der Waals surface area contributed by atoms with Crippen LogP contribution in [0.3, 0.4) is 0 Å². The van der Waals surface area contributed by atoms with Crippen molar-refractivity contribution in [2.24, 2.45) is 0 Å². The normalized spacial score (nSPS) is 11.2. The van der Waals surface area contributed by atoms with Gasteiger partial charge in [0.15, 0.2) is 0 Å². The smallest absolute Gasteiger partial charge is 0.374 e. The van der Waals surface area contributed by atoms with Gasteiger partial charge in [0.25, 0.3) is 5.69 Å². The summed E-state index contributed by atoms with van der Waals surface area (Å²) in [4.78, 5) is 17.6. The van der Waals surface area contributed by atoms with E-state index in [0.717, 1.165) is 12.1 Å². The fourth-order valence-corrected chi connectivity index (χ4v) is 1.62. The summed E-state index contributed by atoms with van der Waals surface area (Å²) in [5.74, 6) is 0. The average molecular weight is 298 g/mol. The Morgan fingerprint density at radius 2 is 2.05 bits per heavy atom. The molecule has 1 aromatic heterocycles. The van der Waals surface area contributed by atoms with E-state index < -0.39 is 22.4 Å². The summed E-state index contributed by atoms with van der Waals surface area (Å²) >= 11 is 0. The van der Waals surface area contributed by atoms with E-state index in [2.05, 4.69) is 15.3 Å². The van der Waals surface area contributed by atoms with Crippen molar-refractivity contribution in [3.8, 4) is 0 Å². The van der Waals surface area contributed by atoms with Crippen molar-refractivity contribution < 1.29 is 18.1 Å². The predicted molar refractivity (Wildman–Crippen MR) is 67.5 cm³/mol. The van der Waals surface area contributed by atoms with E-state index in [1.54, 1.807) is 6.07 Å². The average Bonchev–Trinajstić information content (AvgIpc) is 2.45. The minimum atomic E-state index is -4.63. The molecule has 1 N–H and O–H groups in total. The molecule has 2 rings (SSSR count). The molecule has 0 aliphatic rings. The molecule has 0 aliphatic heterocycles. The van der Waals surface area contributed by atoms with E-state index in [1.807, 2.05) is 0 Å². The van der Waals surface area contributed by atoms with Crippen LogP contribution in [0, 0.1) is 10.1 Å². The fourth-order valence-electron chi connectivity index (χ4n) is 1.62. The zero-order chi connectivity index (χ0) is 15.5. The molecular formula is C12H9F3N4O2. The van der Waals surface area contributed by atoms with Crippen LogP contribution in [0.2, 0.25) is 0 Å². The molecule has 9 heteroatoms. The monoisotopic (exact) mass is 298 g/mol. The van der Waals surface area contributed by atoms with Gasteiger partial charge in [-0.15, -0.1) is 0 Å². The number of nitro benzene ring substituents is 1. The number of aromatic nitrogens is 2. The summed E-state index contributed by atoms with van der Waals surface area (Å²) in [5.41, 5.74) is -1.16. The highest BCUT2D eigenvalue weighted by Gasteiger charge is 2.32. The first-order valence-corrected chi connectivity index (χ1v) is 5.72. The Kier molecular flexibility index (Phi) is 4.01. The Hall–Kier alpha value is -2.71. The third-order valence-corrected chi connectivity index (χ3v) is 2.62. The van der Waals surface area contributed by atoms with E-state index in [4.69, 9.17) is 0 Å². The molecule has 6 nitrogen and oxygen atoms in total. The molecule has 21 heavy (non-hydrogen) atoms. The highest BCUT2D eigenvalue weighted by atomic mass is 19.4. The van der Waals surface area contributed by atoms with E-state index in [-0.39, 0.29) is 12.2 Å². The summed E-state index contributed by atoms with van der Waals surface area (Å²) in [6.07, 6.45) is -1.83. The molecule has 0 radical (unpaired) electrons. The van der Waals surface area contributed by atoms with Crippen LogP contribution in [0.25, 0.3) is 0 Å². The molecule has 1 aromatic carbocycles. The number of nitrogens with zero attached hydrogens (tertiary/aromatic N) is 3. The lowest BCUT2D eigenvalue weighted by Gasteiger charge is -2.10. The molecule has 0 aliphatic carbocycles. The highest BCUT2D eigenvalue weighted by Crippen LogP contribution is 2.35. The Bertz CT molecular complexity index is 647. The molecule has 0 amide bonds. The number of rotatable bonds is 4. The van der Waals surface area contributed by atoms with Crippen LogP contribution >= 0.6 is 0 Å². The molecule has 0 atom stereocenters. The molecule has 0 unspecified atom stereocenters. The molecule has 1 heterocycles. The minimum Gasteiger partial charge on any atom is -0.374 e. The molecule has 110 valence electrons. The summed E-state index contributed by atoms with van der Waals surface area (Å²) < 4.78 is 37.7. The van der Waals surface area contributed by atoms with Crippen molar-refractivity contribution in [3.63, 3.8) is 0 Å². The second-order valence-electron chi connectivity index (χ2n) is 4.04. The van der Waals surface area contributed by atoms with Gasteiger partial charge < -0.3 is 5.32 Å². The maximum absolute atomic E-state index is 12.6. The maximum Gasteiger partial charge on any atom is 0.416 e. The number of nitrogens with one attached hydrogen (secondary N) is 1. The van der Waals surface area contributed by atoms with Crippen LogP contribution < -0.4 is 5.32 Å². The van der Waals surface area contributed by atoms with Gasteiger partial charge in [-0.3, -0.25) is 10.1 Å². The second kappa shape index (κ2) is 5.73. The molecule has 0 spiro atoms. The summed E-state index contributed by atoms with van der Waals surface area (Å²) in [6.45, 7) is 0.134. The number of anilines is 1. The quantitative estimate of drug-likeness (QED) is 0.693. The molecule has 0 saturated carbocycles. The lowest BCUT2D eigenvalue weighted by atomic mass is 10.1. The van der Waals surface area contributed by atoms with Crippen molar-refractivity contribution >= 4 is 11.4 Å². The number of nitro groups is 1. The number of benzene rings is 1. The predicted octanol–water partition coefficient (Wildman–Crippen LogP) is 3.02. The van der Waals surface area contributed by atoms with Gasteiger partial charge in [0.1, 0.15) is 12.0 Å². The summed E-state index contributed by atoms with van der Waals surface area (Å²) in [7, 11) is 0. The topological polar surface area (TPSA) is 81.0 Å². The third-order valence-electron chi connectivity index (χ3n) is 2.62. The highest BCUT2D eigenvalue weighted by molar-refractivity contribution is 5.63. The van der Waals surface area contributed by atoms with Crippen LogP contribution in [0.4, 0.5) is 24.5 Å². The SMILES string of the molecule is O=[N+]([O-])c1cc(C(F)(F)F)ccc1NCc1ccncn1. The molecule has 0 bridgehead atoms. The van der Waals surface area contributed by atoms with Crippen LogP contribution in [0.1, 0.15) is 11.3 Å². The Balaban J connectivity index is 2.25. The van der Waals surface area contributed by atoms with Crippen molar-refractivity contribution in [1.82, 2.24) is 9.97 Å². The van der Waals surface area contributed by atoms with Gasteiger partial charge in [-0.1, -0.05) is 0 Å². The van der Waals surface area contributed by atoms with E-state index in [0.29, 0.717) is 11.8 Å². The van der Waals surface area contributed by atoms with Gasteiger partial charge in [-0.05, 0) is 18.2 Å². The number of halogens is 3. The van der Waals surface area contributed by atoms with Gasteiger partial charge in [0, 0.05) is 12.3 Å². The van der Waals surface area contributed by atoms with Gasteiger partial charge in [0.2, 0.25) is 0 Å². The molecular weight excluding hydrogens is 289 g/mol. The molecule has 0 fully saturated rings. The number of hydrogen-bond donors (Lipinski definition) is 1. The van der Waals surface area contributed by atoms with Crippen molar-refractivity contribution in [2.45, 2.75) is 12.7 Å². The Morgan fingerprint density at radius 3 is 2.62 bits per heavy atom. The Morgan fingerprint density at radius 1 is 1.29 bits per heavy atom. The van der Waals surface area contributed by atoms with Crippen LogP contribution in [0.15, 0.2) is 36.8 Å². The first-order chi connectivity index (χ1) is 9.88. The molecule has 2 aromatic rings. The zero-order valence-electron chi connectivity index (χ0n) is 10.5. The number of hydrogen-bond acceptors (Lipinski definition) is 5. The van der Waals surface area contributed by atoms with Gasteiger partial charge in [-0.2, -0.15) is 13.2 Å². The van der Waals surface area contributed by atoms with Crippen molar-refractivity contribution in [2.75, 3.05) is 5.32 Å². The Labute approximate surface area is 116 Å². The fraction of sp³-hybridized carbons (Fsp3) is 0.167. The minimum absolute atomic E-state index is 0.00777. The standard InChI is InChI=1S/C12H9F3N4O2/c13-12(14,15)8-1-2-10(11(5-8)19(20)21)17-6-9-3-4-16-7-18-9/h1-5,7,17H,6H2. The van der Waals surface area contributed by atoms with Crippen LogP contribution in [-0.4, -0.2) is 14.9 Å². The molecule has 0 saturated heterocycles. The zero-order valence-corrected chi connectivity index (χ0v) is 10.5. The van der Waals surface area contributed by atoms with E-state index >= 15 is 0 Å². The van der Waals surface area contributed by atoms with Crippen molar-refractivity contribution in [1.29, 1.82) is 0 Å². The lowest BCUT2D eigenvalue weighted by Crippen LogP contribution is -2.08. The van der Waals surface area contributed by atoms with Crippen LogP contribution in [-0.2, 0) is 12.7 Å². The van der Waals surface area contributed by atoms with Gasteiger partial charge in [-0.25, -0.2) is 9.97 Å². The first-order valence-electron chi connectivity index (χ1n) is 5.72. The van der Waals surface area contributed by atoms with Gasteiger partial charge >= 0.3 is 6.18 Å². The van der Waals surface area contributed by atoms with Gasteiger partial charge in [0.05, 0.1) is 22.7 Å². The summed E-state index contributed by atoms with van der Waals surface area (Å²) in [5, 5.41) is 13.6. The number of alkyl halides is 3. The summed E-state index contributed by atoms with van der Waals surface area (Å²) in [6, 6.07) is 3.91. The van der Waals surface area contributed by atoms with E-state index in [9.17, 15) is 23.3 Å². The second-order valence-corrected chi connectivity index (χ2v) is 4.04. The van der Waals surface area contributed by atoms with E-state index in [1.165, 1.54) is 12.5 Å². The third kappa shape index (κ3) is 3.65. The van der Waals surface area contributed by atoms with Crippen LogP contribution in [0.5, 0.6) is 0 Å². The lowest BCUT2D eigenvalue weighted by molar-refractivity contribution is -0.384. The van der Waals surface area contributed by atoms with Crippen molar-refractivity contribution in [3.05, 3.63) is 58.2 Å². The maximum atomic E-state index is 12.6.